The van der Waals surface area contributed by atoms with E-state index in [4.69, 9.17) is 5.73 Å². The quantitative estimate of drug-likeness (QED) is 0.506. The number of anilines is 1. The summed E-state index contributed by atoms with van der Waals surface area (Å²) < 4.78 is 23.9. The monoisotopic (exact) mass is 540 g/mol. The van der Waals surface area contributed by atoms with E-state index in [1.165, 1.54) is 34.1 Å². The number of fused-ring (bicyclic) bond motifs is 1. The number of amides is 3. The largest absolute Gasteiger partial charge is 0.399 e. The molecule has 2 heterocycles. The van der Waals surface area contributed by atoms with Gasteiger partial charge in [0.15, 0.2) is 15.6 Å². The molecule has 0 spiro atoms. The van der Waals surface area contributed by atoms with Gasteiger partial charge in [0.25, 0.3) is 11.8 Å². The lowest BCUT2D eigenvalue weighted by atomic mass is 10.0. The maximum atomic E-state index is 13.7. The fraction of sp³-hybridized carbons (Fsp3) is 0.407. The van der Waals surface area contributed by atoms with Crippen LogP contribution >= 0.6 is 0 Å². The van der Waals surface area contributed by atoms with Crippen LogP contribution in [0.4, 0.5) is 5.69 Å². The zero-order chi connectivity index (χ0) is 27.8. The lowest BCUT2D eigenvalue weighted by Gasteiger charge is -2.29. The van der Waals surface area contributed by atoms with E-state index in [2.05, 4.69) is 5.32 Å². The minimum absolute atomic E-state index is 0.0158. The number of hydrogen-bond acceptors (Lipinski definition) is 7. The number of carbonyl (C=O) groups is 4. The van der Waals surface area contributed by atoms with Gasteiger partial charge in [0.2, 0.25) is 5.91 Å². The van der Waals surface area contributed by atoms with Crippen molar-refractivity contribution in [3.8, 4) is 0 Å². The Morgan fingerprint density at radius 1 is 1.05 bits per heavy atom. The van der Waals surface area contributed by atoms with Gasteiger partial charge in [0.05, 0.1) is 17.5 Å². The number of nitrogens with two attached hydrogens (primary N) is 1. The van der Waals surface area contributed by atoms with E-state index in [-0.39, 0.29) is 41.2 Å². The van der Waals surface area contributed by atoms with Gasteiger partial charge in [-0.1, -0.05) is 19.9 Å². The Bertz CT molecular complexity index is 1370. The molecule has 3 atom stereocenters. The predicted octanol–water partition coefficient (Wildman–Crippen LogP) is 1.51. The van der Waals surface area contributed by atoms with Gasteiger partial charge >= 0.3 is 0 Å². The number of nitrogens with zero attached hydrogens (tertiary/aromatic N) is 2. The first-order chi connectivity index (χ1) is 17.9. The lowest BCUT2D eigenvalue weighted by molar-refractivity contribution is -0.138. The van der Waals surface area contributed by atoms with Crippen LogP contribution in [0.1, 0.15) is 47.4 Å². The second kappa shape index (κ2) is 10.6. The van der Waals surface area contributed by atoms with Crippen LogP contribution in [0.15, 0.2) is 53.4 Å². The fourth-order valence-electron chi connectivity index (χ4n) is 5.13. The molecule has 0 bridgehead atoms. The molecule has 2 saturated heterocycles. The van der Waals surface area contributed by atoms with Crippen molar-refractivity contribution in [2.75, 3.05) is 25.1 Å². The highest BCUT2D eigenvalue weighted by atomic mass is 32.2. The standard InChI is InChI=1S/C27H32N4O6S/c1-16(2)13-21(29-25(33)17-7-9-19(28)10-8-17)27(35)30-12-11-22-24(30)23(32)15-31(22)26(34)18-5-4-6-20(14-18)38(3,36)37/h4-10,14,16,21-22,24H,11-13,15,28H2,1-3H3,(H,29,33)/t21-,22?,24?/m0/s1. The predicted molar refractivity (Wildman–Crippen MR) is 141 cm³/mol. The van der Waals surface area contributed by atoms with Gasteiger partial charge in [-0.2, -0.15) is 0 Å². The van der Waals surface area contributed by atoms with Crippen LogP contribution in [0.25, 0.3) is 0 Å². The van der Waals surface area contributed by atoms with E-state index in [1.54, 1.807) is 24.3 Å². The van der Waals surface area contributed by atoms with Crippen LogP contribution < -0.4 is 11.1 Å². The summed E-state index contributed by atoms with van der Waals surface area (Å²) in [7, 11) is -3.51. The molecule has 4 rings (SSSR count). The minimum Gasteiger partial charge on any atom is -0.399 e. The number of Topliss-reactive ketones (excluding diaryl/α,β-unsaturated/α-hetero) is 1. The Labute approximate surface area is 222 Å². The average Bonchev–Trinajstić information content (AvgIpc) is 3.43. The molecule has 2 aromatic rings. The molecular formula is C27H32N4O6S. The summed E-state index contributed by atoms with van der Waals surface area (Å²) in [6.07, 6.45) is 1.84. The smallest absolute Gasteiger partial charge is 0.254 e. The van der Waals surface area contributed by atoms with Crippen LogP contribution in [-0.4, -0.2) is 79.2 Å². The lowest BCUT2D eigenvalue weighted by Crippen LogP contribution is -2.53. The molecular weight excluding hydrogens is 508 g/mol. The van der Waals surface area contributed by atoms with Crippen molar-refractivity contribution in [3.05, 3.63) is 59.7 Å². The fourth-order valence-corrected chi connectivity index (χ4v) is 5.80. The van der Waals surface area contributed by atoms with E-state index in [1.807, 2.05) is 13.8 Å². The van der Waals surface area contributed by atoms with Gasteiger partial charge in [0.1, 0.15) is 12.1 Å². The second-order valence-corrected chi connectivity index (χ2v) is 12.3. The Balaban J connectivity index is 1.53. The zero-order valence-electron chi connectivity index (χ0n) is 21.6. The Hall–Kier alpha value is -3.73. The number of ketones is 1. The van der Waals surface area contributed by atoms with Crippen LogP contribution in [0.2, 0.25) is 0 Å². The molecule has 2 aliphatic heterocycles. The molecule has 2 unspecified atom stereocenters. The number of nitrogen functional groups attached to an aromatic ring is 1. The highest BCUT2D eigenvalue weighted by Crippen LogP contribution is 2.32. The zero-order valence-corrected chi connectivity index (χ0v) is 22.4. The van der Waals surface area contributed by atoms with Gasteiger partial charge in [0, 0.05) is 29.6 Å². The molecule has 202 valence electrons. The molecule has 2 aliphatic rings. The van der Waals surface area contributed by atoms with E-state index in [0.29, 0.717) is 24.1 Å². The summed E-state index contributed by atoms with van der Waals surface area (Å²) in [5.74, 6) is -1.41. The van der Waals surface area contributed by atoms with E-state index in [0.717, 1.165) is 6.26 Å². The molecule has 2 aromatic carbocycles. The Morgan fingerprint density at radius 2 is 1.74 bits per heavy atom. The molecule has 2 fully saturated rings. The van der Waals surface area contributed by atoms with Crippen molar-refractivity contribution >= 4 is 39.0 Å². The summed E-state index contributed by atoms with van der Waals surface area (Å²) in [6.45, 7) is 3.97. The number of likely N-dealkylation sites (tertiary alicyclic amines) is 2. The number of nitrogens with one attached hydrogen (secondary N) is 1. The molecule has 38 heavy (non-hydrogen) atoms. The SMILES string of the molecule is CC(C)C[C@H](NC(=O)c1ccc(N)cc1)C(=O)N1CCC2C1C(=O)CN2C(=O)c1cccc(S(C)(=O)=O)c1. The summed E-state index contributed by atoms with van der Waals surface area (Å²) in [4.78, 5) is 55.8. The van der Waals surface area contributed by atoms with Gasteiger partial charge in [-0.25, -0.2) is 8.42 Å². The normalized spacial score (nSPS) is 19.9. The molecule has 0 aromatic heterocycles. The third kappa shape index (κ3) is 5.57. The van der Waals surface area contributed by atoms with Gasteiger partial charge in [-0.3, -0.25) is 19.2 Å². The molecule has 10 nitrogen and oxygen atoms in total. The Kier molecular flexibility index (Phi) is 7.59. The van der Waals surface area contributed by atoms with Crippen LogP contribution in [0.3, 0.4) is 0 Å². The number of benzene rings is 2. The summed E-state index contributed by atoms with van der Waals surface area (Å²) in [5.41, 5.74) is 6.75. The van der Waals surface area contributed by atoms with Crippen molar-refractivity contribution in [1.29, 1.82) is 0 Å². The average molecular weight is 541 g/mol. The number of carbonyl (C=O) groups excluding carboxylic acids is 4. The van der Waals surface area contributed by atoms with Crippen molar-refractivity contribution in [1.82, 2.24) is 15.1 Å². The maximum absolute atomic E-state index is 13.7. The first-order valence-corrected chi connectivity index (χ1v) is 14.4. The Morgan fingerprint density at radius 3 is 2.37 bits per heavy atom. The molecule has 0 saturated carbocycles. The second-order valence-electron chi connectivity index (χ2n) is 10.3. The minimum atomic E-state index is -3.51. The highest BCUT2D eigenvalue weighted by molar-refractivity contribution is 7.90. The van der Waals surface area contributed by atoms with Crippen LogP contribution in [-0.2, 0) is 19.4 Å². The number of sulfone groups is 1. The van der Waals surface area contributed by atoms with Gasteiger partial charge < -0.3 is 20.9 Å². The van der Waals surface area contributed by atoms with Crippen LogP contribution in [0.5, 0.6) is 0 Å². The topological polar surface area (TPSA) is 147 Å². The molecule has 3 amide bonds. The van der Waals surface area contributed by atoms with E-state index < -0.39 is 39.8 Å². The van der Waals surface area contributed by atoms with E-state index in [9.17, 15) is 27.6 Å². The third-order valence-electron chi connectivity index (χ3n) is 6.96. The number of hydrogen-bond donors (Lipinski definition) is 2. The van der Waals surface area contributed by atoms with Crippen molar-refractivity contribution < 1.29 is 27.6 Å². The highest BCUT2D eigenvalue weighted by Gasteiger charge is 2.52. The summed E-state index contributed by atoms with van der Waals surface area (Å²) in [6, 6.07) is 9.91. The maximum Gasteiger partial charge on any atom is 0.254 e. The first-order valence-electron chi connectivity index (χ1n) is 12.5. The first kappa shape index (κ1) is 27.3. The van der Waals surface area contributed by atoms with Crippen LogP contribution in [0, 0.1) is 5.92 Å². The summed E-state index contributed by atoms with van der Waals surface area (Å²) in [5, 5.41) is 2.82. The third-order valence-corrected chi connectivity index (χ3v) is 8.07. The van der Waals surface area contributed by atoms with Crippen molar-refractivity contribution in [2.24, 2.45) is 5.92 Å². The van der Waals surface area contributed by atoms with Crippen molar-refractivity contribution in [3.63, 3.8) is 0 Å². The van der Waals surface area contributed by atoms with Crippen molar-refractivity contribution in [2.45, 2.75) is 49.7 Å². The summed E-state index contributed by atoms with van der Waals surface area (Å²) >= 11 is 0. The molecule has 11 heteroatoms. The van der Waals surface area contributed by atoms with Gasteiger partial charge in [-0.05, 0) is 61.2 Å². The molecule has 0 radical (unpaired) electrons. The molecule has 3 N–H and O–H groups in total. The van der Waals surface area contributed by atoms with E-state index >= 15 is 0 Å². The molecule has 0 aliphatic carbocycles. The van der Waals surface area contributed by atoms with Gasteiger partial charge in [-0.15, -0.1) is 0 Å². The number of rotatable bonds is 7.